The number of nitrogen functional groups attached to an aromatic ring is 1. The van der Waals surface area contributed by atoms with E-state index in [0.29, 0.717) is 0 Å². The highest BCUT2D eigenvalue weighted by molar-refractivity contribution is 5.93. The van der Waals surface area contributed by atoms with E-state index in [1.807, 2.05) is 48.5 Å². The van der Waals surface area contributed by atoms with Crippen LogP contribution in [0, 0.1) is 0 Å². The Hall–Kier alpha value is -3.52. The van der Waals surface area contributed by atoms with Gasteiger partial charge in [-0.1, -0.05) is 72.8 Å². The summed E-state index contributed by atoms with van der Waals surface area (Å²) in [6.07, 6.45) is 0. The molecule has 0 atom stereocenters. The van der Waals surface area contributed by atoms with Gasteiger partial charge in [0, 0.05) is 16.8 Å². The lowest BCUT2D eigenvalue weighted by Gasteiger charge is -2.15. The average Bonchev–Trinajstić information content (AvgIpc) is 2.75. The molecule has 132 valence electrons. The molecule has 0 unspecified atom stereocenters. The fraction of sp³-hybridized carbons (Fsp3) is 0.0400. The molecular formula is C25H21NO. The molecule has 0 saturated heterocycles. The zero-order valence-corrected chi connectivity index (χ0v) is 15.2. The number of rotatable bonds is 4. The van der Waals surface area contributed by atoms with Gasteiger partial charge in [0.05, 0.1) is 7.11 Å². The summed E-state index contributed by atoms with van der Waals surface area (Å²) >= 11 is 0. The Balaban J connectivity index is 1.93. The van der Waals surface area contributed by atoms with Crippen LogP contribution < -0.4 is 10.5 Å². The first-order valence-corrected chi connectivity index (χ1v) is 8.95. The summed E-state index contributed by atoms with van der Waals surface area (Å²) < 4.78 is 5.29. The minimum Gasteiger partial charge on any atom is -0.497 e. The molecule has 0 heterocycles. The van der Waals surface area contributed by atoms with E-state index in [4.69, 9.17) is 10.5 Å². The summed E-state index contributed by atoms with van der Waals surface area (Å²) in [6.45, 7) is 0. The van der Waals surface area contributed by atoms with Crippen LogP contribution in [0.2, 0.25) is 0 Å². The van der Waals surface area contributed by atoms with Crippen LogP contribution in [0.1, 0.15) is 0 Å². The minimum absolute atomic E-state index is 0.796. The van der Waals surface area contributed by atoms with Crippen molar-refractivity contribution in [2.75, 3.05) is 12.8 Å². The van der Waals surface area contributed by atoms with E-state index >= 15 is 0 Å². The van der Waals surface area contributed by atoms with Gasteiger partial charge in [0.15, 0.2) is 0 Å². The second-order valence-corrected chi connectivity index (χ2v) is 6.45. The number of methoxy groups -OCH3 is 1. The molecule has 0 aliphatic rings. The van der Waals surface area contributed by atoms with E-state index in [2.05, 4.69) is 48.5 Å². The Morgan fingerprint density at radius 1 is 0.556 bits per heavy atom. The van der Waals surface area contributed by atoms with E-state index in [9.17, 15) is 0 Å². The highest BCUT2D eigenvalue weighted by Gasteiger charge is 2.13. The summed E-state index contributed by atoms with van der Waals surface area (Å²) in [4.78, 5) is 0. The first-order chi connectivity index (χ1) is 13.3. The van der Waals surface area contributed by atoms with Crippen LogP contribution in [0.4, 0.5) is 5.69 Å². The Bertz CT molecular complexity index is 978. The summed E-state index contributed by atoms with van der Waals surface area (Å²) in [5, 5.41) is 0. The second kappa shape index (κ2) is 7.38. The maximum atomic E-state index is 6.62. The topological polar surface area (TPSA) is 35.2 Å². The molecule has 4 aromatic rings. The van der Waals surface area contributed by atoms with E-state index in [1.54, 1.807) is 7.11 Å². The van der Waals surface area contributed by atoms with Gasteiger partial charge in [0.25, 0.3) is 0 Å². The average molecular weight is 351 g/mol. The molecular weight excluding hydrogens is 330 g/mol. The molecule has 4 rings (SSSR count). The van der Waals surface area contributed by atoms with E-state index in [-0.39, 0.29) is 0 Å². The molecule has 0 aliphatic heterocycles. The van der Waals surface area contributed by atoms with Gasteiger partial charge < -0.3 is 10.5 Å². The summed E-state index contributed by atoms with van der Waals surface area (Å²) in [5.74, 6) is 0.848. The lowest BCUT2D eigenvalue weighted by Crippen LogP contribution is -1.96. The Labute approximate surface area is 159 Å². The van der Waals surface area contributed by atoms with Crippen LogP contribution in [0.3, 0.4) is 0 Å². The van der Waals surface area contributed by atoms with Gasteiger partial charge in [-0.05, 0) is 46.5 Å². The predicted molar refractivity (Wildman–Crippen MR) is 114 cm³/mol. The highest BCUT2D eigenvalue weighted by Crippen LogP contribution is 2.39. The van der Waals surface area contributed by atoms with Gasteiger partial charge in [-0.2, -0.15) is 0 Å². The summed E-state index contributed by atoms with van der Waals surface area (Å²) in [6, 6.07) is 33.0. The fourth-order valence-corrected chi connectivity index (χ4v) is 3.32. The molecule has 2 heteroatoms. The SMILES string of the molecule is COc1ccc(-c2cc(-c3ccccc3)c(N)c(-c3ccccc3)c2)cc1. The third kappa shape index (κ3) is 3.42. The van der Waals surface area contributed by atoms with Crippen LogP contribution in [0.25, 0.3) is 33.4 Å². The maximum absolute atomic E-state index is 6.62. The first-order valence-electron chi connectivity index (χ1n) is 8.95. The molecule has 4 aromatic carbocycles. The molecule has 0 fully saturated rings. The minimum atomic E-state index is 0.796. The molecule has 0 saturated carbocycles. The fourth-order valence-electron chi connectivity index (χ4n) is 3.32. The van der Waals surface area contributed by atoms with Gasteiger partial charge in [0.2, 0.25) is 0 Å². The standard InChI is InChI=1S/C25H21NO/c1-27-22-14-12-18(13-15-22)21-16-23(19-8-4-2-5-9-19)25(26)24(17-21)20-10-6-3-7-11-20/h2-17H,26H2,1H3. The Morgan fingerprint density at radius 3 is 1.48 bits per heavy atom. The largest absolute Gasteiger partial charge is 0.497 e. The van der Waals surface area contributed by atoms with Crippen LogP contribution in [-0.4, -0.2) is 7.11 Å². The Morgan fingerprint density at radius 2 is 1.04 bits per heavy atom. The third-order valence-corrected chi connectivity index (χ3v) is 4.77. The molecule has 0 aromatic heterocycles. The van der Waals surface area contributed by atoms with Crippen LogP contribution in [0.5, 0.6) is 5.75 Å². The van der Waals surface area contributed by atoms with E-state index in [1.165, 1.54) is 0 Å². The number of anilines is 1. The Kier molecular flexibility index (Phi) is 4.63. The van der Waals surface area contributed by atoms with Crippen LogP contribution >= 0.6 is 0 Å². The number of nitrogens with two attached hydrogens (primary N) is 1. The third-order valence-electron chi connectivity index (χ3n) is 4.77. The highest BCUT2D eigenvalue weighted by atomic mass is 16.5. The van der Waals surface area contributed by atoms with Crippen LogP contribution in [-0.2, 0) is 0 Å². The van der Waals surface area contributed by atoms with Crippen molar-refractivity contribution in [2.45, 2.75) is 0 Å². The van der Waals surface area contributed by atoms with Crippen molar-refractivity contribution in [3.63, 3.8) is 0 Å². The van der Waals surface area contributed by atoms with Crippen molar-refractivity contribution in [1.82, 2.24) is 0 Å². The predicted octanol–water partition coefficient (Wildman–Crippen LogP) is 6.28. The zero-order valence-electron chi connectivity index (χ0n) is 15.2. The van der Waals surface area contributed by atoms with E-state index < -0.39 is 0 Å². The number of hydrogen-bond donors (Lipinski definition) is 1. The second-order valence-electron chi connectivity index (χ2n) is 6.45. The van der Waals surface area contributed by atoms with E-state index in [0.717, 1.165) is 44.8 Å². The quantitative estimate of drug-likeness (QED) is 0.439. The van der Waals surface area contributed by atoms with Crippen molar-refractivity contribution in [2.24, 2.45) is 0 Å². The van der Waals surface area contributed by atoms with Crippen LogP contribution in [0.15, 0.2) is 97.1 Å². The van der Waals surface area contributed by atoms with Crippen molar-refractivity contribution in [1.29, 1.82) is 0 Å². The lowest BCUT2D eigenvalue weighted by molar-refractivity contribution is 0.415. The van der Waals surface area contributed by atoms with Crippen molar-refractivity contribution in [3.8, 4) is 39.1 Å². The maximum Gasteiger partial charge on any atom is 0.118 e. The molecule has 0 amide bonds. The smallest absolute Gasteiger partial charge is 0.118 e. The van der Waals surface area contributed by atoms with Gasteiger partial charge in [0.1, 0.15) is 5.75 Å². The molecule has 0 radical (unpaired) electrons. The molecule has 0 aliphatic carbocycles. The van der Waals surface area contributed by atoms with Gasteiger partial charge >= 0.3 is 0 Å². The monoisotopic (exact) mass is 351 g/mol. The lowest BCUT2D eigenvalue weighted by atomic mass is 9.91. The molecule has 2 nitrogen and oxygen atoms in total. The summed E-state index contributed by atoms with van der Waals surface area (Å²) in [7, 11) is 1.68. The molecule has 2 N–H and O–H groups in total. The first kappa shape index (κ1) is 16.9. The summed E-state index contributed by atoms with van der Waals surface area (Å²) in [5.41, 5.74) is 14.0. The van der Waals surface area contributed by atoms with Crippen molar-refractivity contribution < 1.29 is 4.74 Å². The number of ether oxygens (including phenoxy) is 1. The van der Waals surface area contributed by atoms with Gasteiger partial charge in [-0.25, -0.2) is 0 Å². The van der Waals surface area contributed by atoms with Gasteiger partial charge in [-0.3, -0.25) is 0 Å². The number of benzene rings is 4. The normalized spacial score (nSPS) is 10.6. The number of hydrogen-bond acceptors (Lipinski definition) is 2. The van der Waals surface area contributed by atoms with Crippen molar-refractivity contribution >= 4 is 5.69 Å². The molecule has 0 bridgehead atoms. The molecule has 27 heavy (non-hydrogen) atoms. The molecule has 0 spiro atoms. The van der Waals surface area contributed by atoms with Gasteiger partial charge in [-0.15, -0.1) is 0 Å². The zero-order chi connectivity index (χ0) is 18.6. The van der Waals surface area contributed by atoms with Crippen molar-refractivity contribution in [3.05, 3.63) is 97.1 Å².